The lowest BCUT2D eigenvalue weighted by molar-refractivity contribution is -0.385. The van der Waals surface area contributed by atoms with Crippen LogP contribution in [0.2, 0.25) is 0 Å². The summed E-state index contributed by atoms with van der Waals surface area (Å²) in [6.07, 6.45) is 3.98. The van der Waals surface area contributed by atoms with Gasteiger partial charge < -0.3 is 10.0 Å². The molecule has 1 unspecified atom stereocenters. The molecule has 1 atom stereocenters. The van der Waals surface area contributed by atoms with Crippen molar-refractivity contribution >= 4 is 17.6 Å². The van der Waals surface area contributed by atoms with Crippen LogP contribution in [0.15, 0.2) is 12.4 Å². The fourth-order valence-electron chi connectivity index (χ4n) is 1.98. The van der Waals surface area contributed by atoms with Crippen molar-refractivity contribution in [3.8, 4) is 0 Å². The summed E-state index contributed by atoms with van der Waals surface area (Å²) in [7, 11) is 0. The molecule has 1 N–H and O–H groups in total. The summed E-state index contributed by atoms with van der Waals surface area (Å²) in [4.78, 5) is 34.7. The molecule has 0 spiro atoms. The quantitative estimate of drug-likeness (QED) is 0.578. The Balaban J connectivity index is 2.01. The van der Waals surface area contributed by atoms with Crippen LogP contribution in [-0.2, 0) is 16.1 Å². The Morgan fingerprint density at radius 2 is 2.29 bits per heavy atom. The van der Waals surface area contributed by atoms with E-state index in [-0.39, 0.29) is 30.7 Å². The van der Waals surface area contributed by atoms with E-state index in [2.05, 4.69) is 5.10 Å². The van der Waals surface area contributed by atoms with Crippen LogP contribution in [0.1, 0.15) is 19.8 Å². The highest BCUT2D eigenvalue weighted by Crippen LogP contribution is 2.28. The highest BCUT2D eigenvalue weighted by molar-refractivity contribution is 5.78. The van der Waals surface area contributed by atoms with Gasteiger partial charge in [-0.05, 0) is 12.8 Å². The third-order valence-corrected chi connectivity index (χ3v) is 3.33. The normalized spacial score (nSPS) is 15.5. The van der Waals surface area contributed by atoms with Crippen LogP contribution in [0.3, 0.4) is 0 Å². The number of hydrogen-bond acceptors (Lipinski definition) is 5. The van der Waals surface area contributed by atoms with Crippen molar-refractivity contribution in [2.75, 3.05) is 6.54 Å². The van der Waals surface area contributed by atoms with Crippen LogP contribution in [-0.4, -0.2) is 49.2 Å². The topological polar surface area (TPSA) is 119 Å². The summed E-state index contributed by atoms with van der Waals surface area (Å²) >= 11 is 0. The summed E-state index contributed by atoms with van der Waals surface area (Å²) in [5, 5.41) is 23.3. The molecule has 1 aromatic rings. The average Bonchev–Trinajstić information content (AvgIpc) is 3.14. The molecule has 9 heteroatoms. The van der Waals surface area contributed by atoms with Crippen LogP contribution in [0, 0.1) is 16.0 Å². The average molecular weight is 296 g/mol. The first-order chi connectivity index (χ1) is 9.88. The molecule has 0 radical (unpaired) electrons. The summed E-state index contributed by atoms with van der Waals surface area (Å²) in [6.45, 7) is 1.56. The largest absolute Gasteiger partial charge is 0.481 e. The van der Waals surface area contributed by atoms with Gasteiger partial charge >= 0.3 is 11.7 Å². The third-order valence-electron chi connectivity index (χ3n) is 3.33. The van der Waals surface area contributed by atoms with Gasteiger partial charge in [0.2, 0.25) is 5.91 Å². The molecule has 0 aliphatic heterocycles. The second kappa shape index (κ2) is 5.90. The van der Waals surface area contributed by atoms with E-state index >= 15 is 0 Å². The number of aliphatic carboxylic acids is 1. The smallest absolute Gasteiger partial charge is 0.308 e. The predicted octanol–water partition coefficient (Wildman–Crippen LogP) is 0.503. The van der Waals surface area contributed by atoms with Gasteiger partial charge in [0.15, 0.2) is 0 Å². The Labute approximate surface area is 120 Å². The summed E-state index contributed by atoms with van der Waals surface area (Å²) in [6, 6.07) is 0.0739. The molecule has 1 aliphatic rings. The Morgan fingerprint density at radius 1 is 1.62 bits per heavy atom. The van der Waals surface area contributed by atoms with Crippen LogP contribution < -0.4 is 0 Å². The number of aromatic nitrogens is 2. The highest BCUT2D eigenvalue weighted by Gasteiger charge is 2.34. The minimum absolute atomic E-state index is 0.0739. The van der Waals surface area contributed by atoms with Crippen molar-refractivity contribution in [2.45, 2.75) is 32.4 Å². The summed E-state index contributed by atoms with van der Waals surface area (Å²) < 4.78 is 1.20. The number of nitro groups is 1. The minimum Gasteiger partial charge on any atom is -0.481 e. The monoisotopic (exact) mass is 296 g/mol. The number of nitrogens with zero attached hydrogens (tertiary/aromatic N) is 4. The van der Waals surface area contributed by atoms with E-state index in [4.69, 9.17) is 5.11 Å². The molecule has 0 aromatic carbocycles. The molecule has 2 rings (SSSR count). The van der Waals surface area contributed by atoms with E-state index in [1.54, 1.807) is 6.92 Å². The second-order valence-corrected chi connectivity index (χ2v) is 5.17. The lowest BCUT2D eigenvalue weighted by atomic mass is 10.1. The Bertz CT molecular complexity index is 566. The maximum absolute atomic E-state index is 12.2. The van der Waals surface area contributed by atoms with Gasteiger partial charge in [-0.15, -0.1) is 0 Å². The predicted molar refractivity (Wildman–Crippen MR) is 70.4 cm³/mol. The number of carbonyl (C=O) groups is 2. The van der Waals surface area contributed by atoms with E-state index in [1.165, 1.54) is 15.8 Å². The second-order valence-electron chi connectivity index (χ2n) is 5.17. The lowest BCUT2D eigenvalue weighted by Gasteiger charge is -2.24. The van der Waals surface area contributed by atoms with E-state index < -0.39 is 16.8 Å². The van der Waals surface area contributed by atoms with Crippen molar-refractivity contribution < 1.29 is 19.6 Å². The molecule has 1 fully saturated rings. The summed E-state index contributed by atoms with van der Waals surface area (Å²) in [5.41, 5.74) is -0.181. The van der Waals surface area contributed by atoms with Crippen molar-refractivity contribution in [1.82, 2.24) is 14.7 Å². The molecule has 114 valence electrons. The molecule has 9 nitrogen and oxygen atoms in total. The Kier molecular flexibility index (Phi) is 4.20. The number of hydrogen-bond donors (Lipinski definition) is 1. The zero-order valence-electron chi connectivity index (χ0n) is 11.5. The number of carboxylic acid groups (broad SMARTS) is 1. The third kappa shape index (κ3) is 3.77. The van der Waals surface area contributed by atoms with Gasteiger partial charge in [-0.25, -0.2) is 0 Å². The molecule has 1 heterocycles. The van der Waals surface area contributed by atoms with Crippen molar-refractivity contribution in [3.05, 3.63) is 22.5 Å². The molecule has 0 bridgehead atoms. The zero-order valence-corrected chi connectivity index (χ0v) is 11.5. The van der Waals surface area contributed by atoms with Gasteiger partial charge in [-0.1, -0.05) is 6.92 Å². The van der Waals surface area contributed by atoms with Crippen LogP contribution in [0.5, 0.6) is 0 Å². The molecule has 1 amide bonds. The SMILES string of the molecule is CC(CN(C(=O)Cn1cc([N+](=O)[O-])cn1)C1CC1)C(=O)O. The van der Waals surface area contributed by atoms with E-state index in [0.29, 0.717) is 0 Å². The number of rotatable bonds is 7. The van der Waals surface area contributed by atoms with E-state index in [0.717, 1.165) is 19.0 Å². The highest BCUT2D eigenvalue weighted by atomic mass is 16.6. The van der Waals surface area contributed by atoms with Crippen LogP contribution in [0.25, 0.3) is 0 Å². The van der Waals surface area contributed by atoms with Crippen molar-refractivity contribution in [3.63, 3.8) is 0 Å². The van der Waals surface area contributed by atoms with Crippen molar-refractivity contribution in [1.29, 1.82) is 0 Å². The number of amides is 1. The number of carbonyl (C=O) groups excluding carboxylic acids is 1. The molecule has 1 aliphatic carbocycles. The fraction of sp³-hybridized carbons (Fsp3) is 0.583. The first-order valence-corrected chi connectivity index (χ1v) is 6.57. The summed E-state index contributed by atoms with van der Waals surface area (Å²) in [5.74, 6) is -1.88. The zero-order chi connectivity index (χ0) is 15.6. The van der Waals surface area contributed by atoms with Gasteiger partial charge in [0, 0.05) is 12.6 Å². The minimum atomic E-state index is -0.955. The molecular weight excluding hydrogens is 280 g/mol. The Morgan fingerprint density at radius 3 is 2.76 bits per heavy atom. The maximum atomic E-state index is 12.2. The van der Waals surface area contributed by atoms with Gasteiger partial charge in [0.05, 0.1) is 10.8 Å². The van der Waals surface area contributed by atoms with Gasteiger partial charge in [-0.2, -0.15) is 5.10 Å². The fourth-order valence-corrected chi connectivity index (χ4v) is 1.98. The molecule has 1 saturated carbocycles. The molecule has 0 saturated heterocycles. The van der Waals surface area contributed by atoms with Gasteiger partial charge in [0.25, 0.3) is 0 Å². The Hall–Kier alpha value is -2.45. The standard InChI is InChI=1S/C12H16N4O5/c1-8(12(18)19)5-15(9-2-3-9)11(17)7-14-6-10(4-13-14)16(20)21/h4,6,8-9H,2-3,5,7H2,1H3,(H,18,19). The van der Waals surface area contributed by atoms with Gasteiger partial charge in [0.1, 0.15) is 18.9 Å². The maximum Gasteiger partial charge on any atom is 0.308 e. The molecule has 1 aromatic heterocycles. The van der Waals surface area contributed by atoms with E-state index in [9.17, 15) is 19.7 Å². The first kappa shape index (κ1) is 14.9. The first-order valence-electron chi connectivity index (χ1n) is 6.57. The number of carboxylic acids is 1. The molecular formula is C12H16N4O5. The van der Waals surface area contributed by atoms with E-state index in [1.807, 2.05) is 0 Å². The lowest BCUT2D eigenvalue weighted by Crippen LogP contribution is -2.40. The van der Waals surface area contributed by atoms with Crippen molar-refractivity contribution in [2.24, 2.45) is 5.92 Å². The van der Waals surface area contributed by atoms with Crippen LogP contribution >= 0.6 is 0 Å². The molecule has 21 heavy (non-hydrogen) atoms. The van der Waals surface area contributed by atoms with Crippen LogP contribution in [0.4, 0.5) is 5.69 Å². The van der Waals surface area contributed by atoms with Gasteiger partial charge in [-0.3, -0.25) is 24.4 Å².